The lowest BCUT2D eigenvalue weighted by molar-refractivity contribution is -0.142. The van der Waals surface area contributed by atoms with Crippen molar-refractivity contribution in [2.24, 2.45) is 0 Å². The molecule has 146 heavy (non-hydrogen) atoms. The van der Waals surface area contributed by atoms with E-state index in [1.54, 1.807) is 240 Å². The lowest BCUT2D eigenvalue weighted by Gasteiger charge is -2.24. The summed E-state index contributed by atoms with van der Waals surface area (Å²) in [5.41, 5.74) is 5.50. The fourth-order valence-corrected chi connectivity index (χ4v) is 14.3. The van der Waals surface area contributed by atoms with E-state index in [0.717, 1.165) is 59.0 Å². The van der Waals surface area contributed by atoms with Crippen LogP contribution < -0.4 is 57.7 Å². The first-order valence-corrected chi connectivity index (χ1v) is 46.4. The second-order valence-electron chi connectivity index (χ2n) is 31.3. The van der Waals surface area contributed by atoms with Gasteiger partial charge in [-0.15, -0.1) is 0 Å². The normalized spacial score (nSPS) is 13.7. The molecule has 13 aromatic rings. The van der Waals surface area contributed by atoms with Crippen LogP contribution in [0.25, 0.3) is 0 Å². The van der Waals surface area contributed by atoms with Crippen molar-refractivity contribution in [3.63, 3.8) is 0 Å². The van der Waals surface area contributed by atoms with E-state index in [0.29, 0.717) is 139 Å². The van der Waals surface area contributed by atoms with Crippen LogP contribution in [0.2, 0.25) is 15.1 Å². The number of benzene rings is 10. The topological polar surface area (TPSA) is 430 Å². The van der Waals surface area contributed by atoms with Crippen molar-refractivity contribution < 1.29 is 120 Å². The van der Waals surface area contributed by atoms with Gasteiger partial charge >= 0.3 is 23.9 Å². The number of rotatable bonds is 32. The third kappa shape index (κ3) is 37.5. The molecular weight excluding hydrogens is 1940 g/mol. The van der Waals surface area contributed by atoms with Gasteiger partial charge in [0.25, 0.3) is 0 Å². The summed E-state index contributed by atoms with van der Waals surface area (Å²) >= 11 is 17.6. The van der Waals surface area contributed by atoms with Gasteiger partial charge < -0.3 is 82.2 Å². The van der Waals surface area contributed by atoms with Crippen molar-refractivity contribution in [2.45, 2.75) is 107 Å². The fourth-order valence-electron chi connectivity index (χ4n) is 14.0. The lowest BCUT2D eigenvalue weighted by Crippen LogP contribution is -2.28. The van der Waals surface area contributed by atoms with Crippen molar-refractivity contribution >= 4 is 106 Å². The second kappa shape index (κ2) is 60.1. The van der Waals surface area contributed by atoms with Crippen LogP contribution in [0.1, 0.15) is 156 Å². The number of aromatic hydroxyl groups is 1. The van der Waals surface area contributed by atoms with E-state index in [2.05, 4.69) is 56.0 Å². The Morgan fingerprint density at radius 2 is 0.829 bits per heavy atom. The number of aldehydes is 1. The number of esters is 4. The highest BCUT2D eigenvalue weighted by Crippen LogP contribution is 2.41. The molecule has 0 saturated carbocycles. The molecule has 3 aliphatic heterocycles. The van der Waals surface area contributed by atoms with E-state index in [4.69, 9.17) is 82.2 Å². The lowest BCUT2D eigenvalue weighted by atomic mass is 10.0. The highest BCUT2D eigenvalue weighted by atomic mass is 35.5. The summed E-state index contributed by atoms with van der Waals surface area (Å²) in [6.07, 6.45) is 14.0. The Bertz CT molecular complexity index is 6400. The van der Waals surface area contributed by atoms with Crippen LogP contribution in [0.3, 0.4) is 0 Å². The Hall–Kier alpha value is -16.4. The highest BCUT2D eigenvalue weighted by Gasteiger charge is 2.37. The number of ether oxygens (including phenoxy) is 13. The van der Waals surface area contributed by atoms with Crippen LogP contribution in [-0.2, 0) is 52.5 Å². The van der Waals surface area contributed by atoms with Gasteiger partial charge in [-0.1, -0.05) is 126 Å². The standard InChI is InChI=1S/C21H20ClN3O4.C21H18ClN3O3.C20H16ClN3O3.C12H16O4.C12H14O4.C11H12O3.C8H8O2.C4H6O2/c1-28-17-4-2-3-14(11-17)18(26)9-10-20(27)25-19-12-24-21(13-23-19)29-16-7-5-15(22)6-8-16;1-27-17-4-2-3-14(11-17)18-9-10-21(26)25(18)19-12-24-20(13-23-19)28-16-7-5-15(22)6-8-16;21-14-4-6-16(7-5-14)27-19-12-22-18(11-23-19)24-17(8-9-20(24)26)13-2-1-3-15(25)10-13;2*1-15-10-5-3-4-9(8-10)11(13)6-7-12(14)16-2;1-13-9-4-2-3-8(7-9)10-5-6-11(12)14-10;1-10-8-4-2-3-7(5-8)6-9;1-3-4(5)6-2/h2-8,11-13,18,26H,9-10H2,1H3,(H,23,25,27);2-8,11-13,18H,9-10H2,1H3;1-7,10-12,17,25H,8-9H2;3-5,8,11,13H,6-7H2,1-2H3;3-5,8H,6-7H2,1-2H3;2-4,7,10H,5-6H2,1H3;2-6H,1H3;3H,1H2,2H3/t2*18-;17-;11-;;10-;;/m0110.0../s1. The average Bonchev–Trinajstić information content (AvgIpc) is 1.66. The van der Waals surface area contributed by atoms with E-state index in [1.165, 1.54) is 59.4 Å². The van der Waals surface area contributed by atoms with Crippen LogP contribution in [0.5, 0.6) is 75.1 Å². The number of phenols is 1. The predicted octanol–water partition coefficient (Wildman–Crippen LogP) is 21.1. The van der Waals surface area contributed by atoms with Gasteiger partial charge in [0.2, 0.25) is 35.4 Å². The first kappa shape index (κ1) is 113. The molecule has 3 saturated heterocycles. The van der Waals surface area contributed by atoms with Crippen molar-refractivity contribution in [1.29, 1.82) is 0 Å². The van der Waals surface area contributed by atoms with Gasteiger partial charge in [0.15, 0.2) is 23.2 Å². The maximum atomic E-state index is 12.5. The molecule has 0 radical (unpaired) electrons. The molecule has 0 aliphatic carbocycles. The number of halogens is 3. The molecule has 0 spiro atoms. The minimum atomic E-state index is -0.767. The molecule has 37 heteroatoms. The summed E-state index contributed by atoms with van der Waals surface area (Å²) in [6.45, 7) is 3.16. The largest absolute Gasteiger partial charge is 0.508 e. The fraction of sp³-hybridized carbons (Fsp3) is 0.239. The number of nitrogens with zero attached hydrogens (tertiary/aromatic N) is 8. The minimum Gasteiger partial charge on any atom is -0.508 e. The zero-order chi connectivity index (χ0) is 105. The second-order valence-corrected chi connectivity index (χ2v) is 32.6. The summed E-state index contributed by atoms with van der Waals surface area (Å²) in [7, 11) is 13.4. The molecule has 3 aromatic heterocycles. The van der Waals surface area contributed by atoms with Crippen LogP contribution in [0, 0.1) is 0 Å². The molecule has 16 rings (SSSR count). The van der Waals surface area contributed by atoms with Crippen molar-refractivity contribution in [2.75, 3.05) is 79.1 Å². The summed E-state index contributed by atoms with van der Waals surface area (Å²) in [6, 6.07) is 70.9. The monoisotopic (exact) mass is 2050 g/mol. The van der Waals surface area contributed by atoms with Crippen LogP contribution in [0.4, 0.5) is 17.5 Å². The number of carbonyl (C=O) groups is 9. The number of hydrogen-bond acceptors (Lipinski definition) is 31. The zero-order valence-electron chi connectivity index (χ0n) is 81.3. The quantitative estimate of drug-likeness (QED) is 0.01000. The minimum absolute atomic E-state index is 0.0217. The Morgan fingerprint density at radius 1 is 0.425 bits per heavy atom. The molecule has 3 amide bonds. The summed E-state index contributed by atoms with van der Waals surface area (Å²) in [4.78, 5) is 130. The number of amides is 3. The number of cyclic esters (lactones) is 1. The van der Waals surface area contributed by atoms with Gasteiger partial charge in [-0.25, -0.2) is 34.7 Å². The number of nitrogens with one attached hydrogen (secondary N) is 1. The molecule has 4 N–H and O–H groups in total. The van der Waals surface area contributed by atoms with Gasteiger partial charge in [-0.2, -0.15) is 0 Å². The number of hydrogen-bond donors (Lipinski definition) is 4. The Labute approximate surface area is 859 Å². The molecule has 0 bridgehead atoms. The van der Waals surface area contributed by atoms with Crippen LogP contribution in [0.15, 0.2) is 292 Å². The average molecular weight is 2050 g/mol. The summed E-state index contributed by atoms with van der Waals surface area (Å²) in [5, 5.41) is 34.3. The van der Waals surface area contributed by atoms with Crippen molar-refractivity contribution in [3.8, 4) is 75.1 Å². The van der Waals surface area contributed by atoms with Crippen molar-refractivity contribution in [3.05, 3.63) is 347 Å². The molecule has 34 nitrogen and oxygen atoms in total. The number of Topliss-reactive ketones (excluding diaryl/α,β-unsaturated/α-hetero) is 1. The first-order chi connectivity index (χ1) is 70.6. The third-order valence-electron chi connectivity index (χ3n) is 21.5. The summed E-state index contributed by atoms with van der Waals surface area (Å²) < 4.78 is 65.6. The maximum absolute atomic E-state index is 12.5. The van der Waals surface area contributed by atoms with Gasteiger partial charge in [0, 0.05) is 70.8 Å². The van der Waals surface area contributed by atoms with Gasteiger partial charge in [-0.3, -0.25) is 48.2 Å². The van der Waals surface area contributed by atoms with Gasteiger partial charge in [0.05, 0.1) is 132 Å². The molecule has 0 unspecified atom stereocenters. The number of methoxy groups -OCH3 is 9. The molecular formula is C109H110Cl3N9O25. The molecule has 6 heterocycles. The third-order valence-corrected chi connectivity index (χ3v) is 22.2. The zero-order valence-corrected chi connectivity index (χ0v) is 83.6. The predicted molar refractivity (Wildman–Crippen MR) is 546 cm³/mol. The SMILES string of the molecule is C=CC(=O)OC.COC(=O)CCC(=O)c1cccc(OC)c1.COC(=O)CC[C@H](O)c1cccc(OC)c1.COc1cccc(C=O)c1.COc1cccc([C@@H](O)CCC(=O)Nc2cnc(Oc3ccc(Cl)cc3)cn2)c1.COc1cccc([C@@H]2CCC(=O)O2)c1.COc1cccc([C@H]2CCC(=O)N2c2cnc(Oc3ccc(Cl)cc3)cn2)c1.O=C1CC[C@H](c2cccc(O)c2)N1c1cnc(Oc2ccc(Cl)cc2)cn1. The number of carbonyl (C=O) groups excluding carboxylic acids is 9. The van der Waals surface area contributed by atoms with Crippen LogP contribution in [-0.4, -0.2) is 163 Å². The number of phenolic OH excluding ortho intramolecular Hbond substituents is 1. The number of aliphatic hydroxyl groups excluding tert-OH is 2. The van der Waals surface area contributed by atoms with E-state index >= 15 is 0 Å². The number of aromatic nitrogens is 6. The smallest absolute Gasteiger partial charge is 0.329 e. The molecule has 3 fully saturated rings. The Morgan fingerprint density at radius 3 is 1.24 bits per heavy atom. The van der Waals surface area contributed by atoms with E-state index in [1.807, 2.05) is 54.6 Å². The Balaban J connectivity index is 0.000000192. The van der Waals surface area contributed by atoms with E-state index in [-0.39, 0.29) is 97.5 Å². The molecule has 3 aliphatic rings. The van der Waals surface area contributed by atoms with E-state index in [9.17, 15) is 58.5 Å². The molecule has 5 atom stereocenters. The molecule has 762 valence electrons. The number of aliphatic hydroxyl groups is 2. The van der Waals surface area contributed by atoms with Gasteiger partial charge in [0.1, 0.15) is 69.9 Å². The number of anilines is 3. The number of ketones is 1. The highest BCUT2D eigenvalue weighted by molar-refractivity contribution is 6.31. The van der Waals surface area contributed by atoms with E-state index < -0.39 is 18.2 Å². The summed E-state index contributed by atoms with van der Waals surface area (Å²) in [5.74, 6) is 6.83. The molecule has 10 aromatic carbocycles. The van der Waals surface area contributed by atoms with Crippen molar-refractivity contribution in [1.82, 2.24) is 29.9 Å². The maximum Gasteiger partial charge on any atom is 0.329 e. The van der Waals surface area contributed by atoms with Gasteiger partial charge in [-0.05, 0) is 218 Å². The Kier molecular flexibility index (Phi) is 46.6. The first-order valence-electron chi connectivity index (χ1n) is 45.3. The van der Waals surface area contributed by atoms with Crippen LogP contribution >= 0.6 is 34.8 Å².